The maximum Gasteiger partial charge on any atom is 0.0949 e. The summed E-state index contributed by atoms with van der Waals surface area (Å²) >= 11 is 3.48. The SMILES string of the molecule is CCCC(C)COC(CNC(C)C)c1ccc(Br)cc1. The van der Waals surface area contributed by atoms with Gasteiger partial charge in [-0.3, -0.25) is 0 Å². The fraction of sp³-hybridized carbons (Fsp3) is 0.647. The van der Waals surface area contributed by atoms with Crippen LogP contribution in [-0.2, 0) is 4.74 Å². The van der Waals surface area contributed by atoms with Crippen LogP contribution in [-0.4, -0.2) is 19.2 Å². The van der Waals surface area contributed by atoms with Gasteiger partial charge in [0.15, 0.2) is 0 Å². The van der Waals surface area contributed by atoms with Crippen molar-refractivity contribution in [2.75, 3.05) is 13.2 Å². The van der Waals surface area contributed by atoms with Gasteiger partial charge in [-0.05, 0) is 30.0 Å². The van der Waals surface area contributed by atoms with Crippen LogP contribution in [0.5, 0.6) is 0 Å². The Hall–Kier alpha value is -0.380. The molecule has 0 aromatic heterocycles. The molecule has 0 heterocycles. The van der Waals surface area contributed by atoms with Gasteiger partial charge in [0.1, 0.15) is 0 Å². The summed E-state index contributed by atoms with van der Waals surface area (Å²) < 4.78 is 7.26. The van der Waals surface area contributed by atoms with Crippen molar-refractivity contribution in [1.82, 2.24) is 5.32 Å². The van der Waals surface area contributed by atoms with E-state index in [2.05, 4.69) is 73.2 Å². The third kappa shape index (κ3) is 6.87. The van der Waals surface area contributed by atoms with Gasteiger partial charge in [0.05, 0.1) is 12.7 Å². The Morgan fingerprint density at radius 2 is 1.80 bits per heavy atom. The second-order valence-electron chi connectivity index (χ2n) is 5.83. The Morgan fingerprint density at radius 3 is 2.35 bits per heavy atom. The highest BCUT2D eigenvalue weighted by atomic mass is 79.9. The fourth-order valence-electron chi connectivity index (χ4n) is 2.15. The van der Waals surface area contributed by atoms with E-state index in [0.29, 0.717) is 12.0 Å². The molecule has 3 heteroatoms. The lowest BCUT2D eigenvalue weighted by atomic mass is 10.1. The van der Waals surface area contributed by atoms with Crippen molar-refractivity contribution in [3.8, 4) is 0 Å². The zero-order valence-electron chi connectivity index (χ0n) is 13.2. The third-order valence-electron chi connectivity index (χ3n) is 3.32. The zero-order valence-corrected chi connectivity index (χ0v) is 14.7. The quantitative estimate of drug-likeness (QED) is 0.686. The molecule has 114 valence electrons. The van der Waals surface area contributed by atoms with Gasteiger partial charge in [-0.25, -0.2) is 0 Å². The summed E-state index contributed by atoms with van der Waals surface area (Å²) in [5.74, 6) is 0.622. The number of hydrogen-bond donors (Lipinski definition) is 1. The first kappa shape index (κ1) is 17.7. The first-order valence-electron chi connectivity index (χ1n) is 7.63. The van der Waals surface area contributed by atoms with E-state index in [1.165, 1.54) is 18.4 Å². The molecule has 0 aliphatic heterocycles. The van der Waals surface area contributed by atoms with Crippen LogP contribution in [0.4, 0.5) is 0 Å². The van der Waals surface area contributed by atoms with E-state index in [0.717, 1.165) is 17.6 Å². The number of hydrogen-bond acceptors (Lipinski definition) is 2. The summed E-state index contributed by atoms with van der Waals surface area (Å²) in [5, 5.41) is 3.48. The molecule has 0 fully saturated rings. The summed E-state index contributed by atoms with van der Waals surface area (Å²) in [6.45, 7) is 10.5. The van der Waals surface area contributed by atoms with E-state index < -0.39 is 0 Å². The highest BCUT2D eigenvalue weighted by Gasteiger charge is 2.14. The normalized spacial score (nSPS) is 14.5. The van der Waals surface area contributed by atoms with E-state index in [-0.39, 0.29) is 6.10 Å². The molecule has 0 radical (unpaired) electrons. The minimum absolute atomic E-state index is 0.129. The molecule has 2 unspecified atom stereocenters. The van der Waals surface area contributed by atoms with Gasteiger partial charge in [-0.1, -0.05) is 62.2 Å². The molecule has 1 N–H and O–H groups in total. The summed E-state index contributed by atoms with van der Waals surface area (Å²) in [6, 6.07) is 8.92. The second-order valence-corrected chi connectivity index (χ2v) is 6.75. The first-order chi connectivity index (χ1) is 9.52. The van der Waals surface area contributed by atoms with Crippen molar-refractivity contribution < 1.29 is 4.74 Å². The molecule has 20 heavy (non-hydrogen) atoms. The number of halogens is 1. The van der Waals surface area contributed by atoms with Gasteiger partial charge < -0.3 is 10.1 Å². The average Bonchev–Trinajstić information content (AvgIpc) is 2.40. The van der Waals surface area contributed by atoms with E-state index in [4.69, 9.17) is 4.74 Å². The van der Waals surface area contributed by atoms with Gasteiger partial charge in [0.2, 0.25) is 0 Å². The molecule has 1 rings (SSSR count). The van der Waals surface area contributed by atoms with Crippen LogP contribution in [0.3, 0.4) is 0 Å². The summed E-state index contributed by atoms with van der Waals surface area (Å²) in [6.07, 6.45) is 2.58. The lowest BCUT2D eigenvalue weighted by Gasteiger charge is -2.22. The topological polar surface area (TPSA) is 21.3 Å². The predicted octanol–water partition coefficient (Wildman–Crippen LogP) is 4.94. The van der Waals surface area contributed by atoms with Crippen molar-refractivity contribution >= 4 is 15.9 Å². The minimum atomic E-state index is 0.129. The Morgan fingerprint density at radius 1 is 1.15 bits per heavy atom. The van der Waals surface area contributed by atoms with Crippen LogP contribution >= 0.6 is 15.9 Å². The van der Waals surface area contributed by atoms with Gasteiger partial charge in [0, 0.05) is 17.1 Å². The first-order valence-corrected chi connectivity index (χ1v) is 8.42. The summed E-state index contributed by atoms with van der Waals surface area (Å²) in [7, 11) is 0. The molecule has 1 aromatic rings. The predicted molar refractivity (Wildman–Crippen MR) is 90.0 cm³/mol. The van der Waals surface area contributed by atoms with E-state index >= 15 is 0 Å². The van der Waals surface area contributed by atoms with Crippen LogP contribution in [0.2, 0.25) is 0 Å². The minimum Gasteiger partial charge on any atom is -0.372 e. The molecule has 0 aliphatic rings. The molecule has 2 nitrogen and oxygen atoms in total. The summed E-state index contributed by atoms with van der Waals surface area (Å²) in [4.78, 5) is 0. The number of rotatable bonds is 9. The van der Waals surface area contributed by atoms with Crippen molar-refractivity contribution in [3.05, 3.63) is 34.3 Å². The van der Waals surface area contributed by atoms with Crippen molar-refractivity contribution in [3.63, 3.8) is 0 Å². The van der Waals surface area contributed by atoms with Gasteiger partial charge in [-0.15, -0.1) is 0 Å². The van der Waals surface area contributed by atoms with Gasteiger partial charge >= 0.3 is 0 Å². The molecule has 0 saturated heterocycles. The van der Waals surface area contributed by atoms with Crippen molar-refractivity contribution in [2.45, 2.75) is 52.7 Å². The van der Waals surface area contributed by atoms with Crippen LogP contribution in [0.25, 0.3) is 0 Å². The Kier molecular flexibility index (Phi) is 8.43. The van der Waals surface area contributed by atoms with Gasteiger partial charge in [-0.2, -0.15) is 0 Å². The third-order valence-corrected chi connectivity index (χ3v) is 3.85. The van der Waals surface area contributed by atoms with Crippen LogP contribution in [0, 0.1) is 5.92 Å². The number of nitrogens with one attached hydrogen (secondary N) is 1. The van der Waals surface area contributed by atoms with Gasteiger partial charge in [0.25, 0.3) is 0 Å². The average molecular weight is 342 g/mol. The Bertz CT molecular complexity index is 364. The molecule has 0 bridgehead atoms. The molecule has 0 amide bonds. The highest BCUT2D eigenvalue weighted by molar-refractivity contribution is 9.10. The maximum atomic E-state index is 6.15. The fourth-order valence-corrected chi connectivity index (χ4v) is 2.41. The largest absolute Gasteiger partial charge is 0.372 e. The molecule has 0 spiro atoms. The van der Waals surface area contributed by atoms with Crippen LogP contribution < -0.4 is 5.32 Å². The lowest BCUT2D eigenvalue weighted by molar-refractivity contribution is 0.0289. The monoisotopic (exact) mass is 341 g/mol. The maximum absolute atomic E-state index is 6.15. The smallest absolute Gasteiger partial charge is 0.0949 e. The molecule has 1 aromatic carbocycles. The van der Waals surface area contributed by atoms with E-state index in [1.54, 1.807) is 0 Å². The van der Waals surface area contributed by atoms with E-state index in [1.807, 2.05) is 0 Å². The number of ether oxygens (including phenoxy) is 1. The molecular formula is C17H28BrNO. The number of benzene rings is 1. The lowest BCUT2D eigenvalue weighted by Crippen LogP contribution is -2.29. The standard InChI is InChI=1S/C17H28BrNO/c1-5-6-14(4)12-20-17(11-19-13(2)3)15-7-9-16(18)10-8-15/h7-10,13-14,17,19H,5-6,11-12H2,1-4H3. The Balaban J connectivity index is 2.62. The zero-order chi connectivity index (χ0) is 15.0. The summed E-state index contributed by atoms with van der Waals surface area (Å²) in [5.41, 5.74) is 1.24. The molecule has 0 aliphatic carbocycles. The van der Waals surface area contributed by atoms with Crippen molar-refractivity contribution in [2.24, 2.45) is 5.92 Å². The molecule has 0 saturated carbocycles. The van der Waals surface area contributed by atoms with E-state index in [9.17, 15) is 0 Å². The Labute approximate surface area is 132 Å². The highest BCUT2D eigenvalue weighted by Crippen LogP contribution is 2.21. The molecule has 2 atom stereocenters. The van der Waals surface area contributed by atoms with Crippen LogP contribution in [0.15, 0.2) is 28.7 Å². The molecular weight excluding hydrogens is 314 g/mol. The van der Waals surface area contributed by atoms with Crippen molar-refractivity contribution in [1.29, 1.82) is 0 Å². The second kappa shape index (κ2) is 9.54. The van der Waals surface area contributed by atoms with Crippen LogP contribution in [0.1, 0.15) is 52.2 Å².